The molecule has 0 spiro atoms. The van der Waals surface area contributed by atoms with Gasteiger partial charge in [-0.15, -0.1) is 0 Å². The van der Waals surface area contributed by atoms with Gasteiger partial charge < -0.3 is 5.32 Å². The summed E-state index contributed by atoms with van der Waals surface area (Å²) in [4.78, 5) is 17.6. The molecule has 0 atom stereocenters. The maximum Gasteiger partial charge on any atom is 0.138 e. The Balaban J connectivity index is 1.71. The summed E-state index contributed by atoms with van der Waals surface area (Å²) in [5, 5.41) is 5.65. The van der Waals surface area contributed by atoms with E-state index in [1.807, 2.05) is 18.2 Å². The first-order chi connectivity index (χ1) is 14.2. The Kier molecular flexibility index (Phi) is 4.26. The van der Waals surface area contributed by atoms with Crippen molar-refractivity contribution >= 4 is 44.9 Å². The summed E-state index contributed by atoms with van der Waals surface area (Å²) >= 11 is 6.08. The van der Waals surface area contributed by atoms with Crippen LogP contribution in [0.3, 0.4) is 0 Å². The van der Waals surface area contributed by atoms with Gasteiger partial charge in [-0.3, -0.25) is 9.97 Å². The van der Waals surface area contributed by atoms with Crippen LogP contribution in [0.1, 0.15) is 0 Å². The van der Waals surface area contributed by atoms with Gasteiger partial charge in [-0.25, -0.2) is 14.4 Å². The minimum Gasteiger partial charge on any atom is -0.338 e. The molecule has 1 aromatic carbocycles. The van der Waals surface area contributed by atoms with Crippen molar-refractivity contribution in [2.75, 3.05) is 5.32 Å². The van der Waals surface area contributed by atoms with Gasteiger partial charge in [-0.05, 0) is 48.5 Å². The second-order valence-corrected chi connectivity index (χ2v) is 6.87. The Bertz CT molecular complexity index is 1370. The number of rotatable bonds is 3. The van der Waals surface area contributed by atoms with Crippen LogP contribution in [0.5, 0.6) is 0 Å². The molecule has 0 saturated carbocycles. The number of anilines is 2. The van der Waals surface area contributed by atoms with E-state index in [9.17, 15) is 4.39 Å². The van der Waals surface area contributed by atoms with Crippen LogP contribution >= 0.6 is 11.6 Å². The molecule has 4 heterocycles. The standard InChI is InChI=1S/C22H13ClFN5/c23-14-3-4-17(24)16(10-14)19-11-20(21-18(28-19)2-1-7-26-21)29-22-15-6-8-25-12-13(15)5-9-27-22/h1-12H,(H,27,28,29). The van der Waals surface area contributed by atoms with E-state index in [4.69, 9.17) is 11.6 Å². The molecule has 5 aromatic rings. The van der Waals surface area contributed by atoms with Gasteiger partial charge in [0.05, 0.1) is 16.9 Å². The molecule has 0 aliphatic carbocycles. The number of benzene rings is 1. The van der Waals surface area contributed by atoms with E-state index in [-0.39, 0.29) is 0 Å². The SMILES string of the molecule is Fc1ccc(Cl)cc1-c1cc(Nc2nccc3cnccc23)c2ncccc2n1. The molecule has 7 heteroatoms. The number of aromatic nitrogens is 4. The molecule has 0 aliphatic heterocycles. The molecule has 140 valence electrons. The van der Waals surface area contributed by atoms with Crippen molar-refractivity contribution in [2.45, 2.75) is 0 Å². The number of hydrogen-bond donors (Lipinski definition) is 1. The van der Waals surface area contributed by atoms with Gasteiger partial charge in [0.1, 0.15) is 17.2 Å². The Morgan fingerprint density at radius 2 is 1.86 bits per heavy atom. The van der Waals surface area contributed by atoms with Gasteiger partial charge in [0, 0.05) is 46.1 Å². The van der Waals surface area contributed by atoms with Crippen molar-refractivity contribution in [2.24, 2.45) is 0 Å². The molecule has 4 aromatic heterocycles. The molecule has 29 heavy (non-hydrogen) atoms. The lowest BCUT2D eigenvalue weighted by Gasteiger charge is -2.13. The molecule has 0 unspecified atom stereocenters. The van der Waals surface area contributed by atoms with E-state index in [0.717, 1.165) is 10.8 Å². The molecule has 0 bridgehead atoms. The number of halogens is 2. The maximum atomic E-state index is 14.5. The summed E-state index contributed by atoms with van der Waals surface area (Å²) in [6.45, 7) is 0. The number of fused-ring (bicyclic) bond motifs is 2. The predicted octanol–water partition coefficient (Wildman–Crippen LogP) is 5.78. The molecule has 0 aliphatic rings. The van der Waals surface area contributed by atoms with Gasteiger partial charge in [0.2, 0.25) is 0 Å². The van der Waals surface area contributed by atoms with E-state index in [0.29, 0.717) is 38.8 Å². The van der Waals surface area contributed by atoms with Crippen molar-refractivity contribution in [1.29, 1.82) is 0 Å². The van der Waals surface area contributed by atoms with Gasteiger partial charge in [-0.1, -0.05) is 11.6 Å². The Morgan fingerprint density at radius 1 is 0.931 bits per heavy atom. The first kappa shape index (κ1) is 17.5. The van der Waals surface area contributed by atoms with Gasteiger partial charge in [0.15, 0.2) is 0 Å². The van der Waals surface area contributed by atoms with Crippen LogP contribution < -0.4 is 5.32 Å². The summed E-state index contributed by atoms with van der Waals surface area (Å²) in [5.41, 5.74) is 2.73. The fourth-order valence-corrected chi connectivity index (χ4v) is 3.40. The van der Waals surface area contributed by atoms with Crippen LogP contribution in [0.25, 0.3) is 33.1 Å². The van der Waals surface area contributed by atoms with E-state index in [1.54, 1.807) is 43.0 Å². The summed E-state index contributed by atoms with van der Waals surface area (Å²) in [7, 11) is 0. The molecule has 0 saturated heterocycles. The van der Waals surface area contributed by atoms with Crippen molar-refractivity contribution in [1.82, 2.24) is 19.9 Å². The third-order valence-electron chi connectivity index (χ3n) is 4.59. The zero-order valence-corrected chi connectivity index (χ0v) is 15.7. The molecular formula is C22H13ClFN5. The van der Waals surface area contributed by atoms with Crippen molar-refractivity contribution in [3.8, 4) is 11.3 Å². The van der Waals surface area contributed by atoms with Crippen LogP contribution in [0.4, 0.5) is 15.9 Å². The third kappa shape index (κ3) is 3.23. The molecule has 1 N–H and O–H groups in total. The quantitative estimate of drug-likeness (QED) is 0.415. The Hall–Kier alpha value is -3.64. The highest BCUT2D eigenvalue weighted by Crippen LogP contribution is 2.32. The van der Waals surface area contributed by atoms with Crippen LogP contribution in [0.15, 0.2) is 73.3 Å². The maximum absolute atomic E-state index is 14.5. The van der Waals surface area contributed by atoms with Crippen LogP contribution in [-0.4, -0.2) is 19.9 Å². The summed E-state index contributed by atoms with van der Waals surface area (Å²) in [6, 6.07) is 13.6. The summed E-state index contributed by atoms with van der Waals surface area (Å²) in [5.74, 6) is 0.256. The molecular weight excluding hydrogens is 389 g/mol. The Labute approximate surface area is 170 Å². The lowest BCUT2D eigenvalue weighted by molar-refractivity contribution is 0.631. The van der Waals surface area contributed by atoms with Crippen LogP contribution in [0, 0.1) is 5.82 Å². The number of nitrogens with one attached hydrogen (secondary N) is 1. The summed E-state index contributed by atoms with van der Waals surface area (Å²) in [6.07, 6.45) is 6.89. The average molecular weight is 402 g/mol. The minimum absolute atomic E-state index is 0.321. The lowest BCUT2D eigenvalue weighted by atomic mass is 10.1. The fourth-order valence-electron chi connectivity index (χ4n) is 3.23. The first-order valence-electron chi connectivity index (χ1n) is 8.86. The van der Waals surface area contributed by atoms with Gasteiger partial charge >= 0.3 is 0 Å². The first-order valence-corrected chi connectivity index (χ1v) is 9.24. The normalized spacial score (nSPS) is 11.1. The van der Waals surface area contributed by atoms with E-state index < -0.39 is 5.82 Å². The van der Waals surface area contributed by atoms with E-state index in [1.165, 1.54) is 12.1 Å². The number of hydrogen-bond acceptors (Lipinski definition) is 5. The average Bonchev–Trinajstić information content (AvgIpc) is 2.75. The molecule has 5 nitrogen and oxygen atoms in total. The fraction of sp³-hybridized carbons (Fsp3) is 0. The molecule has 5 rings (SSSR count). The van der Waals surface area contributed by atoms with E-state index in [2.05, 4.69) is 25.3 Å². The van der Waals surface area contributed by atoms with Crippen molar-refractivity contribution in [3.63, 3.8) is 0 Å². The second-order valence-electron chi connectivity index (χ2n) is 6.43. The number of pyridine rings is 4. The minimum atomic E-state index is -0.398. The Morgan fingerprint density at radius 3 is 2.79 bits per heavy atom. The van der Waals surface area contributed by atoms with Crippen LogP contribution in [0.2, 0.25) is 5.02 Å². The zero-order valence-electron chi connectivity index (χ0n) is 15.0. The smallest absolute Gasteiger partial charge is 0.138 e. The highest BCUT2D eigenvalue weighted by Gasteiger charge is 2.14. The van der Waals surface area contributed by atoms with Gasteiger partial charge in [0.25, 0.3) is 0 Å². The molecule has 0 fully saturated rings. The van der Waals surface area contributed by atoms with Crippen molar-refractivity contribution < 1.29 is 4.39 Å². The highest BCUT2D eigenvalue weighted by atomic mass is 35.5. The second kappa shape index (κ2) is 7.07. The largest absolute Gasteiger partial charge is 0.338 e. The van der Waals surface area contributed by atoms with Crippen LogP contribution in [-0.2, 0) is 0 Å². The topological polar surface area (TPSA) is 63.6 Å². The zero-order chi connectivity index (χ0) is 19.8. The number of nitrogens with zero attached hydrogens (tertiary/aromatic N) is 4. The monoisotopic (exact) mass is 401 g/mol. The molecule has 0 radical (unpaired) electrons. The highest BCUT2D eigenvalue weighted by molar-refractivity contribution is 6.30. The van der Waals surface area contributed by atoms with E-state index >= 15 is 0 Å². The van der Waals surface area contributed by atoms with Gasteiger partial charge in [-0.2, -0.15) is 0 Å². The third-order valence-corrected chi connectivity index (χ3v) is 4.82. The summed E-state index contributed by atoms with van der Waals surface area (Å²) < 4.78 is 14.5. The van der Waals surface area contributed by atoms with Crippen molar-refractivity contribution in [3.05, 3.63) is 84.2 Å². The lowest BCUT2D eigenvalue weighted by Crippen LogP contribution is -1.99. The predicted molar refractivity (Wildman–Crippen MR) is 113 cm³/mol. The molecule has 0 amide bonds.